The standard InChI is InChI=1S/C11H17N3/c1-8-6-11(14-12-7-8)13-10-5-3-4-9(10)2/h6-7,9-10H,3-5H2,1-2H3,(H,13,14). The van der Waals surface area contributed by atoms with Crippen molar-refractivity contribution in [1.82, 2.24) is 10.2 Å². The Hall–Kier alpha value is -1.12. The van der Waals surface area contributed by atoms with Crippen molar-refractivity contribution in [1.29, 1.82) is 0 Å². The van der Waals surface area contributed by atoms with Gasteiger partial charge in [0.1, 0.15) is 5.82 Å². The topological polar surface area (TPSA) is 37.8 Å². The van der Waals surface area contributed by atoms with Gasteiger partial charge in [-0.15, -0.1) is 5.10 Å². The molecule has 0 amide bonds. The van der Waals surface area contributed by atoms with Gasteiger partial charge in [-0.1, -0.05) is 13.3 Å². The Balaban J connectivity index is 2.03. The van der Waals surface area contributed by atoms with Crippen LogP contribution in [0, 0.1) is 12.8 Å². The molecule has 3 heteroatoms. The van der Waals surface area contributed by atoms with Gasteiger partial charge in [0.2, 0.25) is 0 Å². The van der Waals surface area contributed by atoms with Crippen molar-refractivity contribution in [3.63, 3.8) is 0 Å². The molecule has 1 aliphatic carbocycles. The number of nitrogens with one attached hydrogen (secondary N) is 1. The van der Waals surface area contributed by atoms with E-state index in [-0.39, 0.29) is 0 Å². The van der Waals surface area contributed by atoms with Gasteiger partial charge in [0.15, 0.2) is 0 Å². The molecule has 76 valence electrons. The molecule has 0 spiro atoms. The Morgan fingerprint density at radius 2 is 2.29 bits per heavy atom. The van der Waals surface area contributed by atoms with Crippen LogP contribution in [0.15, 0.2) is 12.3 Å². The molecule has 1 N–H and O–H groups in total. The molecule has 2 atom stereocenters. The highest BCUT2D eigenvalue weighted by molar-refractivity contribution is 5.36. The lowest BCUT2D eigenvalue weighted by Gasteiger charge is -2.17. The summed E-state index contributed by atoms with van der Waals surface area (Å²) in [5, 5.41) is 11.5. The third-order valence-corrected chi connectivity index (χ3v) is 2.99. The summed E-state index contributed by atoms with van der Waals surface area (Å²) in [6.07, 6.45) is 5.70. The highest BCUT2D eigenvalue weighted by Gasteiger charge is 2.23. The average Bonchev–Trinajstić information content (AvgIpc) is 2.52. The summed E-state index contributed by atoms with van der Waals surface area (Å²) >= 11 is 0. The van der Waals surface area contributed by atoms with E-state index in [1.807, 2.05) is 6.92 Å². The van der Waals surface area contributed by atoms with Crippen LogP contribution < -0.4 is 5.32 Å². The monoisotopic (exact) mass is 191 g/mol. The maximum absolute atomic E-state index is 4.08. The number of rotatable bonds is 2. The van der Waals surface area contributed by atoms with Crippen LogP contribution in [0.25, 0.3) is 0 Å². The molecular formula is C11H17N3. The van der Waals surface area contributed by atoms with E-state index in [1.165, 1.54) is 19.3 Å². The predicted octanol–water partition coefficient (Wildman–Crippen LogP) is 2.39. The third kappa shape index (κ3) is 2.03. The van der Waals surface area contributed by atoms with E-state index in [2.05, 4.69) is 28.5 Å². The predicted molar refractivity (Wildman–Crippen MR) is 57.2 cm³/mol. The summed E-state index contributed by atoms with van der Waals surface area (Å²) in [6.45, 7) is 4.34. The fourth-order valence-electron chi connectivity index (χ4n) is 2.08. The van der Waals surface area contributed by atoms with E-state index < -0.39 is 0 Å². The summed E-state index contributed by atoms with van der Waals surface area (Å²) in [5.41, 5.74) is 1.16. The van der Waals surface area contributed by atoms with E-state index in [1.54, 1.807) is 6.20 Å². The van der Waals surface area contributed by atoms with Crippen molar-refractivity contribution in [3.05, 3.63) is 17.8 Å². The lowest BCUT2D eigenvalue weighted by Crippen LogP contribution is -2.22. The van der Waals surface area contributed by atoms with Crippen LogP contribution in [0.5, 0.6) is 0 Å². The number of hydrogen-bond acceptors (Lipinski definition) is 3. The van der Waals surface area contributed by atoms with Crippen molar-refractivity contribution in [2.75, 3.05) is 5.32 Å². The second kappa shape index (κ2) is 3.95. The van der Waals surface area contributed by atoms with E-state index >= 15 is 0 Å². The van der Waals surface area contributed by atoms with Gasteiger partial charge in [0.05, 0.1) is 6.20 Å². The molecule has 0 radical (unpaired) electrons. The molecule has 0 aromatic carbocycles. The largest absolute Gasteiger partial charge is 0.366 e. The first-order chi connectivity index (χ1) is 6.75. The molecule has 1 aliphatic rings. The van der Waals surface area contributed by atoms with E-state index in [4.69, 9.17) is 0 Å². The van der Waals surface area contributed by atoms with Gasteiger partial charge in [0, 0.05) is 6.04 Å². The van der Waals surface area contributed by atoms with Crippen molar-refractivity contribution >= 4 is 5.82 Å². The Bertz CT molecular complexity index is 311. The Kier molecular flexibility index (Phi) is 2.66. The summed E-state index contributed by atoms with van der Waals surface area (Å²) in [7, 11) is 0. The Morgan fingerprint density at radius 3 is 2.93 bits per heavy atom. The van der Waals surface area contributed by atoms with Crippen LogP contribution in [-0.4, -0.2) is 16.2 Å². The van der Waals surface area contributed by atoms with Crippen molar-refractivity contribution in [2.45, 2.75) is 39.2 Å². The molecule has 1 heterocycles. The lowest BCUT2D eigenvalue weighted by molar-refractivity contribution is 0.554. The first kappa shape index (κ1) is 9.44. The summed E-state index contributed by atoms with van der Waals surface area (Å²) in [4.78, 5) is 0. The molecule has 1 aromatic heterocycles. The molecule has 3 nitrogen and oxygen atoms in total. The number of hydrogen-bond donors (Lipinski definition) is 1. The highest BCUT2D eigenvalue weighted by atomic mass is 15.2. The summed E-state index contributed by atoms with van der Waals surface area (Å²) in [5.74, 6) is 1.68. The molecular weight excluding hydrogens is 174 g/mol. The SMILES string of the molecule is Cc1cnnc(NC2CCCC2C)c1. The molecule has 0 bridgehead atoms. The van der Waals surface area contributed by atoms with Crippen molar-refractivity contribution in [3.8, 4) is 0 Å². The van der Waals surface area contributed by atoms with E-state index in [9.17, 15) is 0 Å². The molecule has 1 saturated carbocycles. The Morgan fingerprint density at radius 1 is 1.43 bits per heavy atom. The number of aromatic nitrogens is 2. The van der Waals surface area contributed by atoms with E-state index in [0.717, 1.165) is 17.3 Å². The number of aryl methyl sites for hydroxylation is 1. The first-order valence-electron chi connectivity index (χ1n) is 5.31. The molecule has 14 heavy (non-hydrogen) atoms. The zero-order valence-electron chi connectivity index (χ0n) is 8.83. The van der Waals surface area contributed by atoms with E-state index in [0.29, 0.717) is 6.04 Å². The molecule has 0 saturated heterocycles. The fourth-order valence-corrected chi connectivity index (χ4v) is 2.08. The number of anilines is 1. The Labute approximate surface area is 84.9 Å². The number of nitrogens with zero attached hydrogens (tertiary/aromatic N) is 2. The third-order valence-electron chi connectivity index (χ3n) is 2.99. The quantitative estimate of drug-likeness (QED) is 0.780. The van der Waals surface area contributed by atoms with Gasteiger partial charge in [-0.25, -0.2) is 0 Å². The molecule has 1 aromatic rings. The molecule has 2 unspecified atom stereocenters. The molecule has 0 aliphatic heterocycles. The van der Waals surface area contributed by atoms with Crippen LogP contribution in [0.1, 0.15) is 31.7 Å². The minimum atomic E-state index is 0.589. The smallest absolute Gasteiger partial charge is 0.149 e. The average molecular weight is 191 g/mol. The van der Waals surface area contributed by atoms with Crippen molar-refractivity contribution < 1.29 is 0 Å². The van der Waals surface area contributed by atoms with Crippen molar-refractivity contribution in [2.24, 2.45) is 5.92 Å². The minimum absolute atomic E-state index is 0.589. The van der Waals surface area contributed by atoms with Gasteiger partial charge < -0.3 is 5.32 Å². The minimum Gasteiger partial charge on any atom is -0.366 e. The van der Waals surface area contributed by atoms with Gasteiger partial charge in [-0.3, -0.25) is 0 Å². The van der Waals surface area contributed by atoms with Gasteiger partial charge >= 0.3 is 0 Å². The summed E-state index contributed by atoms with van der Waals surface area (Å²) in [6, 6.07) is 2.64. The van der Waals surface area contributed by atoms with Gasteiger partial charge in [0.25, 0.3) is 0 Å². The lowest BCUT2D eigenvalue weighted by atomic mass is 10.1. The summed E-state index contributed by atoms with van der Waals surface area (Å²) < 4.78 is 0. The van der Waals surface area contributed by atoms with Crippen LogP contribution in [0.2, 0.25) is 0 Å². The zero-order chi connectivity index (χ0) is 9.97. The van der Waals surface area contributed by atoms with Crippen LogP contribution in [0.4, 0.5) is 5.82 Å². The fraction of sp³-hybridized carbons (Fsp3) is 0.636. The second-order valence-electron chi connectivity index (χ2n) is 4.28. The maximum atomic E-state index is 4.08. The normalized spacial score (nSPS) is 26.4. The van der Waals surface area contributed by atoms with Gasteiger partial charge in [-0.2, -0.15) is 5.10 Å². The van der Waals surface area contributed by atoms with Crippen LogP contribution >= 0.6 is 0 Å². The maximum Gasteiger partial charge on any atom is 0.149 e. The molecule has 2 rings (SSSR count). The zero-order valence-corrected chi connectivity index (χ0v) is 8.83. The van der Waals surface area contributed by atoms with Crippen LogP contribution in [-0.2, 0) is 0 Å². The van der Waals surface area contributed by atoms with Gasteiger partial charge in [-0.05, 0) is 37.3 Å². The first-order valence-corrected chi connectivity index (χ1v) is 5.31. The second-order valence-corrected chi connectivity index (χ2v) is 4.28. The molecule has 1 fully saturated rings. The van der Waals surface area contributed by atoms with Crippen LogP contribution in [0.3, 0.4) is 0 Å². The highest BCUT2D eigenvalue weighted by Crippen LogP contribution is 2.27.